The van der Waals surface area contributed by atoms with Crippen molar-refractivity contribution in [1.82, 2.24) is 9.80 Å². The lowest BCUT2D eigenvalue weighted by Crippen LogP contribution is -2.57. The minimum absolute atomic E-state index is 0.00829. The Morgan fingerprint density at radius 3 is 2.80 bits per heavy atom. The van der Waals surface area contributed by atoms with Gasteiger partial charge in [0.1, 0.15) is 5.76 Å². The number of furan rings is 1. The molecule has 2 fully saturated rings. The fourth-order valence-corrected chi connectivity index (χ4v) is 3.85. The maximum atomic E-state index is 14.4. The monoisotopic (exact) mass is 356 g/mol. The molecule has 0 aliphatic carbocycles. The van der Waals surface area contributed by atoms with Gasteiger partial charge in [0.15, 0.2) is 0 Å². The summed E-state index contributed by atoms with van der Waals surface area (Å²) >= 11 is 0. The number of nitrogens with zero attached hydrogens (tertiary/aromatic N) is 2. The average molecular weight is 356 g/mol. The van der Waals surface area contributed by atoms with Crippen LogP contribution in [0.1, 0.15) is 29.0 Å². The van der Waals surface area contributed by atoms with Gasteiger partial charge in [-0.2, -0.15) is 0 Å². The quantitative estimate of drug-likeness (QED) is 0.827. The van der Waals surface area contributed by atoms with Crippen molar-refractivity contribution in [2.75, 3.05) is 39.9 Å². The fraction of sp³-hybridized carbons (Fsp3) is 0.647. The highest BCUT2D eigenvalue weighted by molar-refractivity contribution is 5.96. The maximum absolute atomic E-state index is 14.4. The Balaban J connectivity index is 1.83. The van der Waals surface area contributed by atoms with Gasteiger partial charge in [-0.25, -0.2) is 8.78 Å². The Bertz CT molecular complexity index is 675. The lowest BCUT2D eigenvalue weighted by Gasteiger charge is -2.42. The van der Waals surface area contributed by atoms with Crippen LogP contribution in [0.25, 0.3) is 0 Å². The first kappa shape index (κ1) is 17.8. The molecule has 2 aliphatic heterocycles. The van der Waals surface area contributed by atoms with E-state index in [-0.39, 0.29) is 18.0 Å². The van der Waals surface area contributed by atoms with Crippen molar-refractivity contribution in [3.8, 4) is 0 Å². The molecule has 0 saturated carbocycles. The van der Waals surface area contributed by atoms with Crippen LogP contribution in [0, 0.1) is 12.3 Å². The minimum atomic E-state index is -3.10. The first-order chi connectivity index (χ1) is 11.8. The second kappa shape index (κ2) is 6.40. The standard InChI is InChI=1S/C17H22F2N2O4/c1-12-13(3-7-25-12)14(22)21-10-16(9-17(18,19)11-21)4-5-20(15(16)23)6-8-24-2/h3,7H,4-6,8-11H2,1-2H3. The summed E-state index contributed by atoms with van der Waals surface area (Å²) in [5.41, 5.74) is -0.961. The van der Waals surface area contributed by atoms with Crippen LogP contribution >= 0.6 is 0 Å². The lowest BCUT2D eigenvalue weighted by atomic mass is 9.76. The largest absolute Gasteiger partial charge is 0.469 e. The normalized spacial score (nSPS) is 25.8. The first-order valence-electron chi connectivity index (χ1n) is 8.27. The van der Waals surface area contributed by atoms with Crippen molar-refractivity contribution in [1.29, 1.82) is 0 Å². The molecule has 1 aromatic heterocycles. The van der Waals surface area contributed by atoms with E-state index in [1.807, 2.05) is 0 Å². The molecule has 25 heavy (non-hydrogen) atoms. The molecule has 1 atom stereocenters. The van der Waals surface area contributed by atoms with Crippen LogP contribution < -0.4 is 0 Å². The molecule has 0 radical (unpaired) electrons. The highest BCUT2D eigenvalue weighted by atomic mass is 19.3. The number of hydrogen-bond acceptors (Lipinski definition) is 4. The highest BCUT2D eigenvalue weighted by Gasteiger charge is 2.57. The van der Waals surface area contributed by atoms with Gasteiger partial charge in [0.05, 0.1) is 30.4 Å². The summed E-state index contributed by atoms with van der Waals surface area (Å²) in [7, 11) is 1.53. The van der Waals surface area contributed by atoms with Crippen LogP contribution in [0.2, 0.25) is 0 Å². The molecule has 2 aliphatic rings. The van der Waals surface area contributed by atoms with Crippen LogP contribution in [0.15, 0.2) is 16.7 Å². The molecule has 8 heteroatoms. The zero-order chi connectivity index (χ0) is 18.2. The van der Waals surface area contributed by atoms with E-state index in [0.717, 1.165) is 4.90 Å². The molecule has 138 valence electrons. The van der Waals surface area contributed by atoms with E-state index in [1.54, 1.807) is 11.8 Å². The Morgan fingerprint density at radius 1 is 1.40 bits per heavy atom. The second-order valence-electron chi connectivity index (χ2n) is 6.90. The lowest BCUT2D eigenvalue weighted by molar-refractivity contribution is -0.151. The maximum Gasteiger partial charge on any atom is 0.266 e. The molecule has 1 spiro atoms. The Kier molecular flexibility index (Phi) is 4.57. The molecule has 2 amide bonds. The number of halogens is 2. The Morgan fingerprint density at radius 2 is 2.16 bits per heavy atom. The molecule has 1 unspecified atom stereocenters. The SMILES string of the molecule is COCCN1CCC2(CN(C(=O)c3ccoc3C)CC(F)(F)C2)C1=O. The molecule has 3 rings (SSSR count). The molecular formula is C17H22F2N2O4. The number of alkyl halides is 2. The molecule has 0 aromatic carbocycles. The van der Waals surface area contributed by atoms with Crippen molar-refractivity contribution >= 4 is 11.8 Å². The van der Waals surface area contributed by atoms with Gasteiger partial charge < -0.3 is 19.0 Å². The van der Waals surface area contributed by atoms with Crippen molar-refractivity contribution in [2.45, 2.75) is 25.7 Å². The summed E-state index contributed by atoms with van der Waals surface area (Å²) in [5, 5.41) is 0. The van der Waals surface area contributed by atoms with Crippen molar-refractivity contribution in [2.24, 2.45) is 5.41 Å². The molecule has 2 saturated heterocycles. The van der Waals surface area contributed by atoms with E-state index in [0.29, 0.717) is 31.9 Å². The van der Waals surface area contributed by atoms with Crippen LogP contribution in [-0.4, -0.2) is 67.4 Å². The van der Waals surface area contributed by atoms with Crippen molar-refractivity contribution in [3.05, 3.63) is 23.7 Å². The van der Waals surface area contributed by atoms with E-state index >= 15 is 0 Å². The summed E-state index contributed by atoms with van der Waals surface area (Å²) in [6.07, 6.45) is 1.16. The van der Waals surface area contributed by atoms with Crippen LogP contribution in [0.3, 0.4) is 0 Å². The molecule has 3 heterocycles. The van der Waals surface area contributed by atoms with Gasteiger partial charge >= 0.3 is 0 Å². The molecule has 0 bridgehead atoms. The number of ether oxygens (including phenoxy) is 1. The van der Waals surface area contributed by atoms with Crippen LogP contribution in [0.4, 0.5) is 8.78 Å². The number of carbonyl (C=O) groups is 2. The van der Waals surface area contributed by atoms with E-state index in [4.69, 9.17) is 9.15 Å². The minimum Gasteiger partial charge on any atom is -0.469 e. The summed E-state index contributed by atoms with van der Waals surface area (Å²) in [4.78, 5) is 28.1. The third kappa shape index (κ3) is 3.27. The first-order valence-corrected chi connectivity index (χ1v) is 8.27. The van der Waals surface area contributed by atoms with Gasteiger partial charge in [-0.3, -0.25) is 9.59 Å². The molecule has 6 nitrogen and oxygen atoms in total. The van der Waals surface area contributed by atoms with Crippen molar-refractivity contribution in [3.63, 3.8) is 0 Å². The van der Waals surface area contributed by atoms with Gasteiger partial charge in [0.25, 0.3) is 11.8 Å². The smallest absolute Gasteiger partial charge is 0.266 e. The van der Waals surface area contributed by atoms with E-state index in [1.165, 1.54) is 19.4 Å². The Hall–Kier alpha value is -1.96. The van der Waals surface area contributed by atoms with Gasteiger partial charge in [0.2, 0.25) is 5.91 Å². The third-order valence-electron chi connectivity index (χ3n) is 5.06. The number of hydrogen-bond donors (Lipinski definition) is 0. The molecule has 1 aromatic rings. The van der Waals surface area contributed by atoms with Gasteiger partial charge in [-0.1, -0.05) is 0 Å². The number of rotatable bonds is 4. The topological polar surface area (TPSA) is 63.0 Å². The number of aryl methyl sites for hydroxylation is 1. The van der Waals surface area contributed by atoms with Crippen LogP contribution in [0.5, 0.6) is 0 Å². The fourth-order valence-electron chi connectivity index (χ4n) is 3.85. The molecular weight excluding hydrogens is 334 g/mol. The Labute approximate surface area is 144 Å². The van der Waals surface area contributed by atoms with Gasteiger partial charge in [-0.15, -0.1) is 0 Å². The zero-order valence-corrected chi connectivity index (χ0v) is 14.4. The summed E-state index contributed by atoms with van der Waals surface area (Å²) in [6, 6.07) is 1.47. The van der Waals surface area contributed by atoms with Gasteiger partial charge in [0, 0.05) is 33.2 Å². The zero-order valence-electron chi connectivity index (χ0n) is 14.4. The highest BCUT2D eigenvalue weighted by Crippen LogP contribution is 2.46. The summed E-state index contributed by atoms with van der Waals surface area (Å²) < 4.78 is 38.9. The summed E-state index contributed by atoms with van der Waals surface area (Å²) in [5.74, 6) is -3.55. The third-order valence-corrected chi connectivity index (χ3v) is 5.06. The number of methoxy groups -OCH3 is 1. The summed E-state index contributed by atoms with van der Waals surface area (Å²) in [6.45, 7) is 2.08. The predicted octanol–water partition coefficient (Wildman–Crippen LogP) is 1.93. The predicted molar refractivity (Wildman–Crippen MR) is 84.4 cm³/mol. The van der Waals surface area contributed by atoms with Crippen LogP contribution in [-0.2, 0) is 9.53 Å². The van der Waals surface area contributed by atoms with Gasteiger partial charge in [-0.05, 0) is 19.4 Å². The van der Waals surface area contributed by atoms with E-state index in [9.17, 15) is 18.4 Å². The number of piperidine rings is 1. The molecule has 0 N–H and O–H groups in total. The van der Waals surface area contributed by atoms with E-state index < -0.39 is 30.2 Å². The number of likely N-dealkylation sites (tertiary alicyclic amines) is 2. The van der Waals surface area contributed by atoms with E-state index in [2.05, 4.69) is 0 Å². The number of amides is 2. The number of carbonyl (C=O) groups excluding carboxylic acids is 2. The van der Waals surface area contributed by atoms with Crippen molar-refractivity contribution < 1.29 is 27.5 Å². The second-order valence-corrected chi connectivity index (χ2v) is 6.90. The average Bonchev–Trinajstić information content (AvgIpc) is 3.09.